The summed E-state index contributed by atoms with van der Waals surface area (Å²) in [6.45, 7) is 3.27. The smallest absolute Gasteiger partial charge is 0.266 e. The Hall–Kier alpha value is -1.01. The molecule has 1 unspecified atom stereocenters. The first-order valence-corrected chi connectivity index (χ1v) is 7.87. The van der Waals surface area contributed by atoms with Gasteiger partial charge in [0.25, 0.3) is 10.1 Å². The van der Waals surface area contributed by atoms with Crippen molar-refractivity contribution in [2.24, 2.45) is 5.41 Å². The quantitative estimate of drug-likeness (QED) is 0.799. The first kappa shape index (κ1) is 15.4. The second kappa shape index (κ2) is 5.07. The molecule has 112 valence electrons. The van der Waals surface area contributed by atoms with E-state index < -0.39 is 21.5 Å². The molecule has 1 aliphatic rings. The first-order chi connectivity index (χ1) is 9.12. The van der Waals surface area contributed by atoms with Crippen LogP contribution in [0.25, 0.3) is 0 Å². The van der Waals surface area contributed by atoms with Crippen LogP contribution in [0.4, 0.5) is 8.78 Å². The van der Waals surface area contributed by atoms with E-state index in [2.05, 4.69) is 0 Å². The Morgan fingerprint density at radius 1 is 1.20 bits per heavy atom. The number of alkyl halides is 2. The van der Waals surface area contributed by atoms with Gasteiger partial charge in [-0.25, -0.2) is 8.78 Å². The molecule has 1 saturated carbocycles. The summed E-state index contributed by atoms with van der Waals surface area (Å²) < 4.78 is 55.4. The highest BCUT2D eigenvalue weighted by molar-refractivity contribution is 7.86. The fourth-order valence-corrected chi connectivity index (χ4v) is 3.45. The van der Waals surface area contributed by atoms with Crippen LogP contribution in [0.15, 0.2) is 29.2 Å². The van der Waals surface area contributed by atoms with Crippen LogP contribution in [0.3, 0.4) is 0 Å². The predicted octanol–water partition coefficient (Wildman–Crippen LogP) is 3.53. The molecule has 0 heterocycles. The molecule has 2 rings (SSSR count). The van der Waals surface area contributed by atoms with Crippen molar-refractivity contribution in [1.82, 2.24) is 0 Å². The van der Waals surface area contributed by atoms with Crippen molar-refractivity contribution >= 4 is 10.1 Å². The SMILES string of the molecule is Cc1ccc(S(=O)(=O)OCC2(C)CCC(F)(F)C2)cc1. The highest BCUT2D eigenvalue weighted by atomic mass is 32.2. The van der Waals surface area contributed by atoms with Gasteiger partial charge in [-0.2, -0.15) is 8.42 Å². The Morgan fingerprint density at radius 2 is 1.80 bits per heavy atom. The second-order valence-corrected chi connectivity index (χ2v) is 7.49. The molecule has 1 aromatic rings. The van der Waals surface area contributed by atoms with Gasteiger partial charge in [0.1, 0.15) is 0 Å². The summed E-state index contributed by atoms with van der Waals surface area (Å²) in [5.41, 5.74) is 0.146. The van der Waals surface area contributed by atoms with Crippen LogP contribution >= 0.6 is 0 Å². The molecule has 3 nitrogen and oxygen atoms in total. The summed E-state index contributed by atoms with van der Waals surface area (Å²) in [6.07, 6.45) is -0.274. The van der Waals surface area contributed by atoms with Crippen molar-refractivity contribution in [2.45, 2.75) is 43.9 Å². The standard InChI is InChI=1S/C14H18F2O3S/c1-11-3-5-12(6-4-11)20(17,18)19-10-13(2)7-8-14(15,16)9-13/h3-6H,7-10H2,1-2H3. The molecule has 1 aliphatic carbocycles. The molecule has 0 saturated heterocycles. The van der Waals surface area contributed by atoms with Crippen molar-refractivity contribution in [3.8, 4) is 0 Å². The number of hydrogen-bond donors (Lipinski definition) is 0. The van der Waals surface area contributed by atoms with Gasteiger partial charge in [-0.3, -0.25) is 4.18 Å². The zero-order chi connectivity index (χ0) is 15.0. The third kappa shape index (κ3) is 3.55. The zero-order valence-electron chi connectivity index (χ0n) is 11.5. The van der Waals surface area contributed by atoms with Crippen LogP contribution in [0.5, 0.6) is 0 Å². The zero-order valence-corrected chi connectivity index (χ0v) is 12.3. The lowest BCUT2D eigenvalue weighted by Crippen LogP contribution is -2.24. The fraction of sp³-hybridized carbons (Fsp3) is 0.571. The minimum absolute atomic E-state index is 0.0523. The van der Waals surface area contributed by atoms with E-state index in [0.29, 0.717) is 0 Å². The monoisotopic (exact) mass is 304 g/mol. The van der Waals surface area contributed by atoms with E-state index in [0.717, 1.165) is 5.56 Å². The summed E-state index contributed by atoms with van der Waals surface area (Å²) in [7, 11) is -3.88. The third-order valence-corrected chi connectivity index (χ3v) is 4.93. The Morgan fingerprint density at radius 3 is 2.30 bits per heavy atom. The molecular formula is C14H18F2O3S. The Balaban J connectivity index is 2.05. The minimum Gasteiger partial charge on any atom is -0.266 e. The maximum absolute atomic E-state index is 13.2. The van der Waals surface area contributed by atoms with Gasteiger partial charge in [-0.1, -0.05) is 24.6 Å². The van der Waals surface area contributed by atoms with Gasteiger partial charge in [0, 0.05) is 12.8 Å². The number of rotatable bonds is 4. The number of benzene rings is 1. The van der Waals surface area contributed by atoms with Gasteiger partial charge in [0.05, 0.1) is 11.5 Å². The average Bonchev–Trinajstić information content (AvgIpc) is 2.63. The molecule has 0 amide bonds. The van der Waals surface area contributed by atoms with E-state index >= 15 is 0 Å². The number of hydrogen-bond acceptors (Lipinski definition) is 3. The van der Waals surface area contributed by atoms with Crippen molar-refractivity contribution in [3.63, 3.8) is 0 Å². The summed E-state index contributed by atoms with van der Waals surface area (Å²) in [5, 5.41) is 0. The van der Waals surface area contributed by atoms with Crippen LogP contribution < -0.4 is 0 Å². The summed E-state index contributed by atoms with van der Waals surface area (Å²) in [5.74, 6) is -2.72. The van der Waals surface area contributed by atoms with Crippen molar-refractivity contribution in [2.75, 3.05) is 6.61 Å². The highest BCUT2D eigenvalue weighted by Gasteiger charge is 2.47. The molecule has 0 aliphatic heterocycles. The van der Waals surface area contributed by atoms with Crippen molar-refractivity contribution in [3.05, 3.63) is 29.8 Å². The lowest BCUT2D eigenvalue weighted by atomic mass is 9.90. The summed E-state index contributed by atoms with van der Waals surface area (Å²) in [4.78, 5) is 0.0523. The van der Waals surface area contributed by atoms with E-state index in [-0.39, 0.29) is 30.8 Å². The number of aryl methyl sites for hydroxylation is 1. The van der Waals surface area contributed by atoms with E-state index in [1.54, 1.807) is 19.1 Å². The van der Waals surface area contributed by atoms with Crippen molar-refractivity contribution in [1.29, 1.82) is 0 Å². The van der Waals surface area contributed by atoms with E-state index in [1.165, 1.54) is 12.1 Å². The van der Waals surface area contributed by atoms with Crippen LogP contribution in [0.2, 0.25) is 0 Å². The fourth-order valence-electron chi connectivity index (χ4n) is 2.40. The topological polar surface area (TPSA) is 43.4 Å². The minimum atomic E-state index is -3.88. The Labute approximate surface area is 118 Å². The molecule has 6 heteroatoms. The molecule has 0 spiro atoms. The van der Waals surface area contributed by atoms with Crippen molar-refractivity contribution < 1.29 is 21.4 Å². The molecule has 1 atom stereocenters. The van der Waals surface area contributed by atoms with E-state index in [4.69, 9.17) is 4.18 Å². The summed E-state index contributed by atoms with van der Waals surface area (Å²) in [6, 6.07) is 6.25. The van der Waals surface area contributed by atoms with Gasteiger partial charge in [-0.05, 0) is 30.9 Å². The Bertz CT molecular complexity index is 581. The molecule has 0 N–H and O–H groups in total. The van der Waals surface area contributed by atoms with Gasteiger partial charge in [0.15, 0.2) is 0 Å². The second-order valence-electron chi connectivity index (χ2n) is 5.87. The van der Waals surface area contributed by atoms with Crippen LogP contribution in [-0.4, -0.2) is 20.9 Å². The molecular weight excluding hydrogens is 286 g/mol. The normalized spacial score (nSPS) is 25.8. The van der Waals surface area contributed by atoms with Crippen LogP contribution in [0.1, 0.15) is 31.7 Å². The third-order valence-electron chi connectivity index (χ3n) is 3.65. The average molecular weight is 304 g/mol. The summed E-state index contributed by atoms with van der Waals surface area (Å²) >= 11 is 0. The first-order valence-electron chi connectivity index (χ1n) is 6.46. The molecule has 0 bridgehead atoms. The van der Waals surface area contributed by atoms with E-state index in [9.17, 15) is 17.2 Å². The maximum atomic E-state index is 13.2. The van der Waals surface area contributed by atoms with Gasteiger partial charge >= 0.3 is 0 Å². The predicted molar refractivity (Wildman–Crippen MR) is 71.2 cm³/mol. The molecule has 0 radical (unpaired) electrons. The highest BCUT2D eigenvalue weighted by Crippen LogP contribution is 2.47. The molecule has 1 fully saturated rings. The molecule has 0 aromatic heterocycles. The lowest BCUT2D eigenvalue weighted by Gasteiger charge is -2.23. The number of halogens is 2. The molecule has 20 heavy (non-hydrogen) atoms. The lowest BCUT2D eigenvalue weighted by molar-refractivity contribution is -0.00697. The van der Waals surface area contributed by atoms with Gasteiger partial charge in [0.2, 0.25) is 5.92 Å². The van der Waals surface area contributed by atoms with Gasteiger partial charge < -0.3 is 0 Å². The molecule has 1 aromatic carbocycles. The van der Waals surface area contributed by atoms with E-state index in [1.807, 2.05) is 6.92 Å². The van der Waals surface area contributed by atoms with Crippen LogP contribution in [0, 0.1) is 12.3 Å². The van der Waals surface area contributed by atoms with Crippen LogP contribution in [-0.2, 0) is 14.3 Å². The maximum Gasteiger partial charge on any atom is 0.296 e. The largest absolute Gasteiger partial charge is 0.296 e. The Kier molecular flexibility index (Phi) is 3.90. The van der Waals surface area contributed by atoms with Gasteiger partial charge in [-0.15, -0.1) is 0 Å².